The molecule has 1 aromatic heterocycles. The van der Waals surface area contributed by atoms with E-state index in [4.69, 9.17) is 9.68 Å². The van der Waals surface area contributed by atoms with Crippen molar-refractivity contribution in [1.29, 1.82) is 5.26 Å². The first-order valence-electron chi connectivity index (χ1n) is 4.70. The first-order chi connectivity index (χ1) is 7.30. The van der Waals surface area contributed by atoms with Crippen LogP contribution in [0.5, 0.6) is 0 Å². The Bertz CT molecular complexity index is 561. The van der Waals surface area contributed by atoms with E-state index in [2.05, 4.69) is 0 Å². The van der Waals surface area contributed by atoms with Gasteiger partial charge in [0.25, 0.3) is 0 Å². The molecule has 3 heteroatoms. The highest BCUT2D eigenvalue weighted by Crippen LogP contribution is 2.26. The SMILES string of the molecule is CCc1c(C=O)oc2cc(C#N)ccc12. The fraction of sp³-hybridized carbons (Fsp3) is 0.167. The first kappa shape index (κ1) is 9.47. The average molecular weight is 199 g/mol. The molecule has 0 radical (unpaired) electrons. The number of fused-ring (bicyclic) bond motifs is 1. The van der Waals surface area contributed by atoms with Crippen LogP contribution in [0.3, 0.4) is 0 Å². The fourth-order valence-corrected chi connectivity index (χ4v) is 1.70. The standard InChI is InChI=1S/C12H9NO2/c1-2-9-10-4-3-8(6-13)5-11(10)15-12(9)7-14/h3-5,7H,2H2,1H3. The van der Waals surface area contributed by atoms with E-state index in [0.717, 1.165) is 17.4 Å². The zero-order valence-corrected chi connectivity index (χ0v) is 8.28. The number of carbonyl (C=O) groups excluding carboxylic acids is 1. The zero-order chi connectivity index (χ0) is 10.8. The number of aldehydes is 1. The van der Waals surface area contributed by atoms with Crippen LogP contribution in [0.4, 0.5) is 0 Å². The molecule has 0 unspecified atom stereocenters. The molecule has 1 aromatic carbocycles. The number of nitrogens with zero attached hydrogens (tertiary/aromatic N) is 1. The van der Waals surface area contributed by atoms with Crippen molar-refractivity contribution in [2.24, 2.45) is 0 Å². The van der Waals surface area contributed by atoms with E-state index >= 15 is 0 Å². The molecular formula is C12H9NO2. The van der Waals surface area contributed by atoms with Crippen LogP contribution in [0.25, 0.3) is 11.0 Å². The van der Waals surface area contributed by atoms with Crippen molar-refractivity contribution in [3.63, 3.8) is 0 Å². The Labute approximate surface area is 86.9 Å². The molecule has 3 nitrogen and oxygen atoms in total. The maximum absolute atomic E-state index is 10.8. The van der Waals surface area contributed by atoms with Crippen LogP contribution in [0, 0.1) is 11.3 Å². The van der Waals surface area contributed by atoms with E-state index in [1.54, 1.807) is 12.1 Å². The summed E-state index contributed by atoms with van der Waals surface area (Å²) >= 11 is 0. The molecule has 0 fully saturated rings. The molecule has 0 bridgehead atoms. The Morgan fingerprint density at radius 1 is 1.53 bits per heavy atom. The third-order valence-electron chi connectivity index (χ3n) is 2.41. The van der Waals surface area contributed by atoms with Crippen LogP contribution in [-0.2, 0) is 6.42 Å². The topological polar surface area (TPSA) is 54.0 Å². The van der Waals surface area contributed by atoms with Crippen LogP contribution < -0.4 is 0 Å². The van der Waals surface area contributed by atoms with Crippen LogP contribution >= 0.6 is 0 Å². The van der Waals surface area contributed by atoms with E-state index in [-0.39, 0.29) is 0 Å². The summed E-state index contributed by atoms with van der Waals surface area (Å²) in [5, 5.41) is 9.64. The van der Waals surface area contributed by atoms with Gasteiger partial charge in [-0.15, -0.1) is 0 Å². The lowest BCUT2D eigenvalue weighted by Crippen LogP contribution is -1.83. The first-order valence-corrected chi connectivity index (χ1v) is 4.70. The summed E-state index contributed by atoms with van der Waals surface area (Å²) in [6.45, 7) is 1.97. The Morgan fingerprint density at radius 2 is 2.33 bits per heavy atom. The average Bonchev–Trinajstić information content (AvgIpc) is 2.65. The van der Waals surface area contributed by atoms with Gasteiger partial charge in [-0.05, 0) is 24.6 Å². The molecule has 0 atom stereocenters. The molecule has 0 amide bonds. The van der Waals surface area contributed by atoms with E-state index in [1.807, 2.05) is 19.1 Å². The van der Waals surface area contributed by atoms with Gasteiger partial charge in [-0.1, -0.05) is 6.92 Å². The number of aryl methyl sites for hydroxylation is 1. The van der Waals surface area contributed by atoms with Gasteiger partial charge in [-0.25, -0.2) is 0 Å². The van der Waals surface area contributed by atoms with Crippen molar-refractivity contribution in [2.75, 3.05) is 0 Å². The van der Waals surface area contributed by atoms with E-state index in [0.29, 0.717) is 23.2 Å². The third kappa shape index (κ3) is 1.40. The minimum Gasteiger partial charge on any atom is -0.453 e. The second-order valence-corrected chi connectivity index (χ2v) is 3.24. The van der Waals surface area contributed by atoms with Crippen molar-refractivity contribution < 1.29 is 9.21 Å². The highest BCUT2D eigenvalue weighted by molar-refractivity contribution is 5.90. The van der Waals surface area contributed by atoms with Crippen molar-refractivity contribution in [2.45, 2.75) is 13.3 Å². The number of rotatable bonds is 2. The normalized spacial score (nSPS) is 10.1. The lowest BCUT2D eigenvalue weighted by molar-refractivity contribution is 0.110. The molecule has 0 aliphatic rings. The van der Waals surface area contributed by atoms with E-state index in [1.165, 1.54) is 0 Å². The molecule has 15 heavy (non-hydrogen) atoms. The molecule has 0 N–H and O–H groups in total. The molecule has 0 aliphatic carbocycles. The maximum Gasteiger partial charge on any atom is 0.185 e. The smallest absolute Gasteiger partial charge is 0.185 e. The van der Waals surface area contributed by atoms with Gasteiger partial charge < -0.3 is 4.42 Å². The van der Waals surface area contributed by atoms with Gasteiger partial charge in [-0.2, -0.15) is 5.26 Å². The molecular weight excluding hydrogens is 190 g/mol. The molecule has 74 valence electrons. The molecule has 0 saturated carbocycles. The van der Waals surface area contributed by atoms with Gasteiger partial charge in [0.1, 0.15) is 5.58 Å². The summed E-state index contributed by atoms with van der Waals surface area (Å²) in [4.78, 5) is 10.8. The van der Waals surface area contributed by atoms with Crippen LogP contribution in [0.2, 0.25) is 0 Å². The van der Waals surface area contributed by atoms with Crippen LogP contribution in [0.1, 0.15) is 28.6 Å². The number of nitriles is 1. The van der Waals surface area contributed by atoms with Crippen LogP contribution in [-0.4, -0.2) is 6.29 Å². The van der Waals surface area contributed by atoms with E-state index < -0.39 is 0 Å². The van der Waals surface area contributed by atoms with Gasteiger partial charge >= 0.3 is 0 Å². The number of carbonyl (C=O) groups is 1. The Hall–Kier alpha value is -2.08. The molecule has 0 aliphatic heterocycles. The largest absolute Gasteiger partial charge is 0.453 e. The predicted octanol–water partition coefficient (Wildman–Crippen LogP) is 2.68. The van der Waals surface area contributed by atoms with Gasteiger partial charge in [0.15, 0.2) is 12.0 Å². The zero-order valence-electron chi connectivity index (χ0n) is 8.28. The number of benzene rings is 1. The Kier molecular flexibility index (Phi) is 2.26. The van der Waals surface area contributed by atoms with Crippen molar-refractivity contribution in [1.82, 2.24) is 0 Å². The summed E-state index contributed by atoms with van der Waals surface area (Å²) in [7, 11) is 0. The minimum absolute atomic E-state index is 0.364. The second-order valence-electron chi connectivity index (χ2n) is 3.24. The number of furan rings is 1. The summed E-state index contributed by atoms with van der Waals surface area (Å²) in [5.74, 6) is 0.364. The fourth-order valence-electron chi connectivity index (χ4n) is 1.70. The van der Waals surface area contributed by atoms with Crippen molar-refractivity contribution in [3.8, 4) is 6.07 Å². The predicted molar refractivity (Wildman–Crippen MR) is 55.7 cm³/mol. The highest BCUT2D eigenvalue weighted by atomic mass is 16.3. The Balaban J connectivity index is 2.77. The van der Waals surface area contributed by atoms with Gasteiger partial charge in [-0.3, -0.25) is 4.79 Å². The lowest BCUT2D eigenvalue weighted by atomic mass is 10.1. The summed E-state index contributed by atoms with van der Waals surface area (Å²) in [5.41, 5.74) is 2.05. The summed E-state index contributed by atoms with van der Waals surface area (Å²) in [6, 6.07) is 7.24. The molecule has 0 spiro atoms. The number of hydrogen-bond acceptors (Lipinski definition) is 3. The molecule has 1 heterocycles. The minimum atomic E-state index is 0.364. The summed E-state index contributed by atoms with van der Waals surface area (Å²) < 4.78 is 5.36. The van der Waals surface area contributed by atoms with Gasteiger partial charge in [0.05, 0.1) is 11.6 Å². The summed E-state index contributed by atoms with van der Waals surface area (Å²) in [6.07, 6.45) is 1.46. The molecule has 2 aromatic rings. The van der Waals surface area contributed by atoms with E-state index in [9.17, 15) is 4.79 Å². The maximum atomic E-state index is 10.8. The van der Waals surface area contributed by atoms with Crippen molar-refractivity contribution >= 4 is 17.3 Å². The molecule has 2 rings (SSSR count). The number of hydrogen-bond donors (Lipinski definition) is 0. The Morgan fingerprint density at radius 3 is 2.93 bits per heavy atom. The van der Waals surface area contributed by atoms with Gasteiger partial charge in [0.2, 0.25) is 0 Å². The monoisotopic (exact) mass is 199 g/mol. The van der Waals surface area contributed by atoms with Crippen LogP contribution in [0.15, 0.2) is 22.6 Å². The van der Waals surface area contributed by atoms with Gasteiger partial charge in [0, 0.05) is 10.9 Å². The second kappa shape index (κ2) is 3.58. The van der Waals surface area contributed by atoms with Crippen molar-refractivity contribution in [3.05, 3.63) is 35.1 Å². The quantitative estimate of drug-likeness (QED) is 0.698. The highest BCUT2D eigenvalue weighted by Gasteiger charge is 2.11. The lowest BCUT2D eigenvalue weighted by Gasteiger charge is -1.92. The third-order valence-corrected chi connectivity index (χ3v) is 2.41. The molecule has 0 saturated heterocycles.